The standard InChI is InChI=1S/C19H19Cl2FN5O5PS/c20-11-5-12(21)13(22)4-10(11)15-1-2-29-33(34,32-15)30-6-9-3-14(28)19(31-9)27-8-26-16-17(23)24-7-25-18(16)27/h4-5,7-9,14-15,19,28H,1-3,6H2,(H2,23,24,25)/t9-,14-,15?,19+,33?/m0/s1. The molecule has 0 spiro atoms. The summed E-state index contributed by atoms with van der Waals surface area (Å²) in [5.74, 6) is -0.375. The molecule has 182 valence electrons. The van der Waals surface area contributed by atoms with Crippen LogP contribution in [-0.2, 0) is 30.1 Å². The Kier molecular flexibility index (Phi) is 6.79. The number of nitrogens with two attached hydrogens (primary N) is 1. The molecule has 4 heterocycles. The van der Waals surface area contributed by atoms with Crippen LogP contribution in [0.4, 0.5) is 10.2 Å². The van der Waals surface area contributed by atoms with Crippen LogP contribution in [0.1, 0.15) is 30.7 Å². The lowest BCUT2D eigenvalue weighted by molar-refractivity contribution is -0.0505. The van der Waals surface area contributed by atoms with Crippen LogP contribution < -0.4 is 5.73 Å². The maximum Gasteiger partial charge on any atom is 0.327 e. The number of imidazole rings is 1. The van der Waals surface area contributed by atoms with Crippen molar-refractivity contribution >= 4 is 58.7 Å². The zero-order valence-corrected chi connectivity index (χ0v) is 20.6. The van der Waals surface area contributed by atoms with Crippen molar-refractivity contribution in [1.82, 2.24) is 19.5 Å². The molecule has 0 radical (unpaired) electrons. The van der Waals surface area contributed by atoms with Crippen molar-refractivity contribution in [2.24, 2.45) is 0 Å². The third-order valence-electron chi connectivity index (χ3n) is 5.52. The number of hydrogen-bond donors (Lipinski definition) is 2. The lowest BCUT2D eigenvalue weighted by Gasteiger charge is -2.33. The van der Waals surface area contributed by atoms with Crippen molar-refractivity contribution in [3.8, 4) is 0 Å². The summed E-state index contributed by atoms with van der Waals surface area (Å²) in [6.45, 7) is -2.91. The van der Waals surface area contributed by atoms with E-state index in [1.54, 1.807) is 4.57 Å². The summed E-state index contributed by atoms with van der Waals surface area (Å²) in [7, 11) is 0. The summed E-state index contributed by atoms with van der Waals surface area (Å²) in [5.41, 5.74) is 7.11. The number of nitrogen functional groups attached to an aromatic ring is 1. The molecule has 15 heteroatoms. The fourth-order valence-electron chi connectivity index (χ4n) is 3.89. The van der Waals surface area contributed by atoms with Crippen LogP contribution in [-0.4, -0.2) is 50.0 Å². The van der Waals surface area contributed by atoms with E-state index < -0.39 is 37.1 Å². The van der Waals surface area contributed by atoms with Gasteiger partial charge in [0.2, 0.25) is 0 Å². The highest BCUT2D eigenvalue weighted by Gasteiger charge is 2.39. The highest BCUT2D eigenvalue weighted by molar-refractivity contribution is 8.07. The van der Waals surface area contributed by atoms with Gasteiger partial charge in [0, 0.05) is 23.4 Å². The number of nitrogens with zero attached hydrogens (tertiary/aromatic N) is 4. The number of aliphatic hydroxyl groups excluding tert-OH is 1. The number of benzene rings is 1. The Balaban J connectivity index is 1.25. The van der Waals surface area contributed by atoms with Crippen LogP contribution in [0.5, 0.6) is 0 Å². The van der Waals surface area contributed by atoms with Crippen molar-refractivity contribution in [2.75, 3.05) is 18.9 Å². The Morgan fingerprint density at radius 3 is 2.94 bits per heavy atom. The molecule has 10 nitrogen and oxygen atoms in total. The van der Waals surface area contributed by atoms with Crippen molar-refractivity contribution in [1.29, 1.82) is 0 Å². The topological polar surface area (TPSA) is 127 Å². The number of aliphatic hydroxyl groups is 1. The molecule has 0 aliphatic carbocycles. The van der Waals surface area contributed by atoms with E-state index in [-0.39, 0.29) is 35.5 Å². The van der Waals surface area contributed by atoms with Gasteiger partial charge in [0.1, 0.15) is 23.8 Å². The minimum Gasteiger partial charge on any atom is -0.388 e. The van der Waals surface area contributed by atoms with Gasteiger partial charge >= 0.3 is 6.72 Å². The van der Waals surface area contributed by atoms with Crippen LogP contribution in [0.2, 0.25) is 10.0 Å². The Labute approximate surface area is 208 Å². The summed E-state index contributed by atoms with van der Waals surface area (Å²) >= 11 is 17.5. The third-order valence-corrected chi connectivity index (χ3v) is 8.50. The number of anilines is 1. The highest BCUT2D eigenvalue weighted by atomic mass is 35.5. The first kappa shape index (κ1) is 24.2. The number of hydrogen-bond acceptors (Lipinski definition) is 10. The molecule has 2 saturated heterocycles. The number of fused-ring (bicyclic) bond motifs is 1. The minimum atomic E-state index is -3.18. The second kappa shape index (κ2) is 9.53. The number of halogens is 3. The third kappa shape index (κ3) is 4.67. The van der Waals surface area contributed by atoms with E-state index in [2.05, 4.69) is 15.0 Å². The summed E-state index contributed by atoms with van der Waals surface area (Å²) in [6, 6.07) is 2.55. The van der Waals surface area contributed by atoms with Gasteiger partial charge in [0.25, 0.3) is 0 Å². The molecular formula is C19H19Cl2FN5O5PS. The first-order chi connectivity index (χ1) is 16.2. The van der Waals surface area contributed by atoms with Crippen molar-refractivity contribution in [3.05, 3.63) is 46.2 Å². The number of rotatable bonds is 5. The molecular weight excluding hydrogens is 531 g/mol. The van der Waals surface area contributed by atoms with Gasteiger partial charge in [-0.25, -0.2) is 19.3 Å². The maximum absolute atomic E-state index is 14.0. The van der Waals surface area contributed by atoms with Crippen LogP contribution in [0.25, 0.3) is 11.2 Å². The second-order valence-corrected chi connectivity index (χ2v) is 11.6. The van der Waals surface area contributed by atoms with E-state index in [0.717, 1.165) is 0 Å². The van der Waals surface area contributed by atoms with Gasteiger partial charge < -0.3 is 29.1 Å². The van der Waals surface area contributed by atoms with Gasteiger partial charge in [0.15, 0.2) is 17.7 Å². The fraction of sp³-hybridized carbons (Fsp3) is 0.421. The largest absolute Gasteiger partial charge is 0.388 e. The molecule has 34 heavy (non-hydrogen) atoms. The van der Waals surface area contributed by atoms with Crippen molar-refractivity contribution in [3.63, 3.8) is 0 Å². The predicted octanol–water partition coefficient (Wildman–Crippen LogP) is 3.92. The molecule has 2 aliphatic rings. The monoisotopic (exact) mass is 549 g/mol. The molecule has 0 saturated carbocycles. The molecule has 0 bridgehead atoms. The van der Waals surface area contributed by atoms with Gasteiger partial charge in [-0.3, -0.25) is 4.57 Å². The Bertz CT molecular complexity index is 1290. The van der Waals surface area contributed by atoms with Gasteiger partial charge in [-0.15, -0.1) is 0 Å². The zero-order valence-electron chi connectivity index (χ0n) is 17.4. The molecule has 5 rings (SSSR count). The lowest BCUT2D eigenvalue weighted by Crippen LogP contribution is -2.20. The Morgan fingerprint density at radius 1 is 1.29 bits per heavy atom. The van der Waals surface area contributed by atoms with E-state index in [1.165, 1.54) is 24.8 Å². The second-order valence-electron chi connectivity index (χ2n) is 7.78. The summed E-state index contributed by atoms with van der Waals surface area (Å²) < 4.78 is 38.9. The summed E-state index contributed by atoms with van der Waals surface area (Å²) in [5, 5.41) is 10.8. The van der Waals surface area contributed by atoms with Gasteiger partial charge in [0.05, 0.1) is 36.8 Å². The predicted molar refractivity (Wildman–Crippen MR) is 125 cm³/mol. The van der Waals surface area contributed by atoms with Crippen molar-refractivity contribution < 1.29 is 27.8 Å². The maximum atomic E-state index is 14.0. The molecule has 3 N–H and O–H groups in total. The number of aromatic nitrogens is 4. The smallest absolute Gasteiger partial charge is 0.327 e. The lowest BCUT2D eigenvalue weighted by atomic mass is 10.1. The molecule has 5 atom stereocenters. The molecule has 0 amide bonds. The normalized spacial score (nSPS) is 29.6. The van der Waals surface area contributed by atoms with Crippen LogP contribution in [0.15, 0.2) is 24.8 Å². The molecule has 2 aliphatic heterocycles. The average molecular weight is 550 g/mol. The summed E-state index contributed by atoms with van der Waals surface area (Å²) in [6.07, 6.45) is 0.796. The van der Waals surface area contributed by atoms with Crippen LogP contribution in [0, 0.1) is 5.82 Å². The fourth-order valence-corrected chi connectivity index (χ4v) is 6.52. The zero-order chi connectivity index (χ0) is 24.0. The van der Waals surface area contributed by atoms with E-state index in [0.29, 0.717) is 23.1 Å². The Morgan fingerprint density at radius 2 is 2.12 bits per heavy atom. The van der Waals surface area contributed by atoms with E-state index in [9.17, 15) is 9.50 Å². The van der Waals surface area contributed by atoms with Gasteiger partial charge in [-0.05, 0) is 23.9 Å². The van der Waals surface area contributed by atoms with E-state index >= 15 is 0 Å². The SMILES string of the molecule is Nc1ncnc2c1ncn2[C@@H]1O[C@H](COP2(=S)OCCC(c3cc(F)c(Cl)cc3Cl)O2)C[C@@H]1O. The molecule has 2 unspecified atom stereocenters. The van der Waals surface area contributed by atoms with Crippen LogP contribution >= 0.6 is 29.9 Å². The first-order valence-electron chi connectivity index (χ1n) is 10.2. The van der Waals surface area contributed by atoms with Crippen molar-refractivity contribution in [2.45, 2.75) is 37.4 Å². The highest BCUT2D eigenvalue weighted by Crippen LogP contribution is 2.58. The molecule has 2 aromatic heterocycles. The van der Waals surface area contributed by atoms with Crippen LogP contribution in [0.3, 0.4) is 0 Å². The molecule has 2 fully saturated rings. The van der Waals surface area contributed by atoms with E-state index in [1.807, 2.05) is 0 Å². The van der Waals surface area contributed by atoms with E-state index in [4.69, 9.17) is 59.1 Å². The van der Waals surface area contributed by atoms with Gasteiger partial charge in [-0.2, -0.15) is 0 Å². The van der Waals surface area contributed by atoms with Gasteiger partial charge in [-0.1, -0.05) is 23.2 Å². The minimum absolute atomic E-state index is 0.0179. The quantitative estimate of drug-likeness (QED) is 0.357. The molecule has 3 aromatic rings. The molecule has 1 aromatic carbocycles. The number of ether oxygens (including phenoxy) is 1. The average Bonchev–Trinajstić information content (AvgIpc) is 3.39. The first-order valence-corrected chi connectivity index (χ1v) is 13.5. The summed E-state index contributed by atoms with van der Waals surface area (Å²) in [4.78, 5) is 12.3. The Hall–Kier alpha value is -1.47.